The number of benzene rings is 2. The second-order valence-electron chi connectivity index (χ2n) is 6.47. The third kappa shape index (κ3) is 3.17. The molecule has 26 heavy (non-hydrogen) atoms. The number of ether oxygens (including phenoxy) is 1. The Hall–Kier alpha value is -2.82. The molecule has 0 saturated carbocycles. The summed E-state index contributed by atoms with van der Waals surface area (Å²) in [6.45, 7) is 2.59. The summed E-state index contributed by atoms with van der Waals surface area (Å²) in [6, 6.07) is 13.8. The fraction of sp³-hybridized carbons (Fsp3) is 0.333. The van der Waals surface area contributed by atoms with Gasteiger partial charge in [-0.3, -0.25) is 9.59 Å². The predicted molar refractivity (Wildman–Crippen MR) is 98.5 cm³/mol. The first-order valence-electron chi connectivity index (χ1n) is 8.85. The van der Waals surface area contributed by atoms with Gasteiger partial charge in [0.15, 0.2) is 0 Å². The van der Waals surface area contributed by atoms with E-state index in [0.717, 1.165) is 18.4 Å². The van der Waals surface area contributed by atoms with Crippen molar-refractivity contribution in [2.45, 2.75) is 31.7 Å². The van der Waals surface area contributed by atoms with Gasteiger partial charge in [-0.15, -0.1) is 0 Å². The zero-order valence-corrected chi connectivity index (χ0v) is 15.0. The summed E-state index contributed by atoms with van der Waals surface area (Å²) in [5, 5.41) is 9.98. The Balaban J connectivity index is 2.14. The molecule has 136 valence electrons. The Kier molecular flexibility index (Phi) is 5.26. The van der Waals surface area contributed by atoms with Crippen LogP contribution < -0.4 is 4.74 Å². The number of fused-ring (bicyclic) bond motifs is 1. The third-order valence-electron chi connectivity index (χ3n) is 4.91. The van der Waals surface area contributed by atoms with Gasteiger partial charge in [0.25, 0.3) is 5.91 Å². The van der Waals surface area contributed by atoms with Crippen LogP contribution in [-0.2, 0) is 4.79 Å². The van der Waals surface area contributed by atoms with Crippen LogP contribution in [0.25, 0.3) is 0 Å². The minimum Gasteiger partial charge on any atom is -0.497 e. The van der Waals surface area contributed by atoms with Gasteiger partial charge in [0.05, 0.1) is 13.2 Å². The van der Waals surface area contributed by atoms with Crippen molar-refractivity contribution in [3.05, 3.63) is 65.2 Å². The highest BCUT2D eigenvalue weighted by molar-refractivity contribution is 6.00. The van der Waals surface area contributed by atoms with Crippen LogP contribution in [0.4, 0.5) is 0 Å². The topological polar surface area (TPSA) is 66.8 Å². The Labute approximate surface area is 153 Å². The number of aliphatic carboxylic acids is 1. The van der Waals surface area contributed by atoms with Gasteiger partial charge >= 0.3 is 5.97 Å². The lowest BCUT2D eigenvalue weighted by Crippen LogP contribution is -2.45. The average molecular weight is 353 g/mol. The summed E-state index contributed by atoms with van der Waals surface area (Å²) < 4.78 is 5.20. The molecule has 2 aromatic rings. The Morgan fingerprint density at radius 1 is 1.15 bits per heavy atom. The zero-order chi connectivity index (χ0) is 18.7. The monoisotopic (exact) mass is 353 g/mol. The number of carbonyl (C=O) groups excluding carboxylic acids is 1. The van der Waals surface area contributed by atoms with Gasteiger partial charge in [-0.25, -0.2) is 0 Å². The first kappa shape index (κ1) is 18.0. The summed E-state index contributed by atoms with van der Waals surface area (Å²) in [5.74, 6) is -1.13. The Morgan fingerprint density at radius 3 is 2.46 bits per heavy atom. The Morgan fingerprint density at radius 2 is 1.85 bits per heavy atom. The first-order valence-corrected chi connectivity index (χ1v) is 8.85. The summed E-state index contributed by atoms with van der Waals surface area (Å²) in [7, 11) is 1.59. The van der Waals surface area contributed by atoms with E-state index < -0.39 is 17.9 Å². The third-order valence-corrected chi connectivity index (χ3v) is 4.91. The van der Waals surface area contributed by atoms with E-state index in [9.17, 15) is 14.7 Å². The number of methoxy groups -OCH3 is 1. The number of hydrogen-bond acceptors (Lipinski definition) is 3. The minimum absolute atomic E-state index is 0.104. The maximum atomic E-state index is 13.1. The van der Waals surface area contributed by atoms with Crippen LogP contribution in [-0.4, -0.2) is 35.5 Å². The predicted octanol–water partition coefficient (Wildman–Crippen LogP) is 3.86. The molecule has 0 spiro atoms. The highest BCUT2D eigenvalue weighted by Crippen LogP contribution is 2.43. The standard InChI is InChI=1S/C21H23NO4/c1-3-4-13-22-19(14-9-11-15(26-2)12-10-14)18(21(24)25)16-7-5-6-8-17(16)20(22)23/h5-12,18-19H,3-4,13H2,1-2H3,(H,24,25)/t18-,19-/m0/s1. The van der Waals surface area contributed by atoms with E-state index in [4.69, 9.17) is 4.74 Å². The van der Waals surface area contributed by atoms with Crippen molar-refractivity contribution in [1.29, 1.82) is 0 Å². The number of amides is 1. The molecule has 0 aliphatic carbocycles. The van der Waals surface area contributed by atoms with E-state index >= 15 is 0 Å². The maximum absolute atomic E-state index is 13.1. The lowest BCUT2D eigenvalue weighted by atomic mass is 9.79. The molecule has 2 aromatic carbocycles. The normalized spacial score (nSPS) is 19.2. The molecule has 0 fully saturated rings. The molecule has 1 heterocycles. The summed E-state index contributed by atoms with van der Waals surface area (Å²) in [5.41, 5.74) is 1.87. The highest BCUT2D eigenvalue weighted by atomic mass is 16.5. The number of nitrogens with zero attached hydrogens (tertiary/aromatic N) is 1. The summed E-state index contributed by atoms with van der Waals surface area (Å²) in [4.78, 5) is 27.0. The lowest BCUT2D eigenvalue weighted by Gasteiger charge is -2.41. The first-order chi connectivity index (χ1) is 12.6. The van der Waals surface area contributed by atoms with Crippen LogP contribution in [0.15, 0.2) is 48.5 Å². The molecule has 0 unspecified atom stereocenters. The number of carboxylic acids is 1. The van der Waals surface area contributed by atoms with Crippen LogP contribution in [0.2, 0.25) is 0 Å². The van der Waals surface area contributed by atoms with Gasteiger partial charge < -0.3 is 14.7 Å². The molecule has 1 aliphatic heterocycles. The molecular formula is C21H23NO4. The SMILES string of the molecule is CCCCN1C(=O)c2ccccc2[C@H](C(=O)O)[C@@H]1c1ccc(OC)cc1. The molecule has 5 nitrogen and oxygen atoms in total. The van der Waals surface area contributed by atoms with Crippen LogP contribution in [0, 0.1) is 0 Å². The van der Waals surface area contributed by atoms with Gasteiger partial charge in [-0.1, -0.05) is 43.7 Å². The molecule has 1 amide bonds. The molecule has 0 bridgehead atoms. The van der Waals surface area contributed by atoms with Gasteiger partial charge in [0.1, 0.15) is 11.7 Å². The van der Waals surface area contributed by atoms with E-state index in [1.807, 2.05) is 12.1 Å². The van der Waals surface area contributed by atoms with Crippen LogP contribution in [0.3, 0.4) is 0 Å². The molecule has 0 saturated heterocycles. The molecule has 1 N–H and O–H groups in total. The number of carboxylic acid groups (broad SMARTS) is 1. The average Bonchev–Trinajstić information content (AvgIpc) is 2.67. The van der Waals surface area contributed by atoms with Gasteiger partial charge in [0.2, 0.25) is 0 Å². The number of unbranched alkanes of at least 4 members (excludes halogenated alkanes) is 1. The fourth-order valence-corrected chi connectivity index (χ4v) is 3.60. The van der Waals surface area contributed by atoms with E-state index in [1.165, 1.54) is 0 Å². The molecule has 3 rings (SSSR count). The van der Waals surface area contributed by atoms with Crippen molar-refractivity contribution < 1.29 is 19.4 Å². The second kappa shape index (κ2) is 7.60. The van der Waals surface area contributed by atoms with Crippen molar-refractivity contribution >= 4 is 11.9 Å². The van der Waals surface area contributed by atoms with Crippen molar-refractivity contribution in [2.24, 2.45) is 0 Å². The fourth-order valence-electron chi connectivity index (χ4n) is 3.60. The molecule has 1 aliphatic rings. The highest BCUT2D eigenvalue weighted by Gasteiger charge is 2.43. The summed E-state index contributed by atoms with van der Waals surface area (Å²) in [6.07, 6.45) is 1.76. The van der Waals surface area contributed by atoms with Crippen molar-refractivity contribution in [3.63, 3.8) is 0 Å². The van der Waals surface area contributed by atoms with Crippen LogP contribution >= 0.6 is 0 Å². The Bertz CT molecular complexity index is 800. The van der Waals surface area contributed by atoms with Crippen LogP contribution in [0.1, 0.15) is 53.2 Å². The van der Waals surface area contributed by atoms with Crippen molar-refractivity contribution in [2.75, 3.05) is 13.7 Å². The van der Waals surface area contributed by atoms with Gasteiger partial charge in [-0.2, -0.15) is 0 Å². The second-order valence-corrected chi connectivity index (χ2v) is 6.47. The number of carbonyl (C=O) groups is 2. The van der Waals surface area contributed by atoms with Gasteiger partial charge in [-0.05, 0) is 35.7 Å². The molecule has 0 radical (unpaired) electrons. The van der Waals surface area contributed by atoms with Crippen molar-refractivity contribution in [3.8, 4) is 5.75 Å². The zero-order valence-electron chi connectivity index (χ0n) is 15.0. The molecule has 0 aromatic heterocycles. The van der Waals surface area contributed by atoms with E-state index in [0.29, 0.717) is 23.4 Å². The number of rotatable bonds is 6. The van der Waals surface area contributed by atoms with E-state index in [1.54, 1.807) is 48.4 Å². The minimum atomic E-state index is -0.924. The smallest absolute Gasteiger partial charge is 0.313 e. The summed E-state index contributed by atoms with van der Waals surface area (Å²) >= 11 is 0. The van der Waals surface area contributed by atoms with Gasteiger partial charge in [0, 0.05) is 12.1 Å². The lowest BCUT2D eigenvalue weighted by molar-refractivity contribution is -0.140. The maximum Gasteiger partial charge on any atom is 0.313 e. The molecular weight excluding hydrogens is 330 g/mol. The van der Waals surface area contributed by atoms with Crippen LogP contribution in [0.5, 0.6) is 5.75 Å². The van der Waals surface area contributed by atoms with E-state index in [2.05, 4.69) is 6.92 Å². The van der Waals surface area contributed by atoms with E-state index in [-0.39, 0.29) is 5.91 Å². The molecule has 5 heteroatoms. The van der Waals surface area contributed by atoms with Crippen molar-refractivity contribution in [1.82, 2.24) is 4.90 Å². The number of hydrogen-bond donors (Lipinski definition) is 1. The molecule has 2 atom stereocenters. The quantitative estimate of drug-likeness (QED) is 0.856. The largest absolute Gasteiger partial charge is 0.497 e.